The lowest BCUT2D eigenvalue weighted by Gasteiger charge is -2.08. The maximum atomic E-state index is 12.2. The van der Waals surface area contributed by atoms with Crippen LogP contribution < -0.4 is 4.72 Å². The largest absolute Gasteiger partial charge is 0.423 e. The molecule has 0 saturated heterocycles. The van der Waals surface area contributed by atoms with E-state index in [1.54, 1.807) is 29.6 Å². The lowest BCUT2D eigenvalue weighted by molar-refractivity contribution is 0.568. The Morgan fingerprint density at radius 2 is 2.14 bits per heavy atom. The van der Waals surface area contributed by atoms with Crippen LogP contribution in [-0.4, -0.2) is 18.6 Å². The molecule has 8 heteroatoms. The molecule has 0 aliphatic rings. The molecule has 0 amide bonds. The number of aryl methyl sites for hydroxylation is 1. The molecule has 21 heavy (non-hydrogen) atoms. The topological polar surface area (TPSA) is 85.1 Å². The van der Waals surface area contributed by atoms with Gasteiger partial charge in [0.15, 0.2) is 0 Å². The molecule has 1 aromatic carbocycles. The minimum absolute atomic E-state index is 0.267. The van der Waals surface area contributed by atoms with E-state index in [0.717, 1.165) is 16.9 Å². The third kappa shape index (κ3) is 2.96. The van der Waals surface area contributed by atoms with Crippen LogP contribution in [0.15, 0.2) is 50.7 Å². The highest BCUT2D eigenvalue weighted by atomic mass is 32.2. The molecule has 0 spiro atoms. The molecule has 0 aliphatic carbocycles. The zero-order chi connectivity index (χ0) is 14.9. The van der Waals surface area contributed by atoms with Crippen molar-refractivity contribution in [3.8, 4) is 11.5 Å². The van der Waals surface area contributed by atoms with Crippen LogP contribution >= 0.6 is 11.3 Å². The summed E-state index contributed by atoms with van der Waals surface area (Å²) in [5, 5.41) is 9.16. The van der Waals surface area contributed by atoms with Gasteiger partial charge in [0.1, 0.15) is 4.21 Å². The molecule has 2 heterocycles. The number of benzene rings is 1. The van der Waals surface area contributed by atoms with Gasteiger partial charge in [0, 0.05) is 11.3 Å². The summed E-state index contributed by atoms with van der Waals surface area (Å²) in [6.45, 7) is 1.86. The van der Waals surface area contributed by atoms with Gasteiger partial charge in [-0.3, -0.25) is 4.72 Å². The number of nitrogens with zero attached hydrogens (tertiary/aromatic N) is 2. The Bertz CT molecular complexity index is 841. The van der Waals surface area contributed by atoms with Gasteiger partial charge in [0.05, 0.1) is 0 Å². The first-order chi connectivity index (χ1) is 10.0. The zero-order valence-electron chi connectivity index (χ0n) is 11.0. The van der Waals surface area contributed by atoms with E-state index in [4.69, 9.17) is 4.42 Å². The molecule has 6 nitrogen and oxygen atoms in total. The Hall–Kier alpha value is -2.19. The fourth-order valence-corrected chi connectivity index (χ4v) is 3.92. The molecule has 0 radical (unpaired) electrons. The van der Waals surface area contributed by atoms with Crippen LogP contribution in [0.2, 0.25) is 0 Å². The second kappa shape index (κ2) is 5.30. The van der Waals surface area contributed by atoms with Crippen molar-refractivity contribution in [1.29, 1.82) is 0 Å². The number of anilines is 1. The fraction of sp³-hybridized carbons (Fsp3) is 0.0769. The average Bonchev–Trinajstić information content (AvgIpc) is 3.12. The van der Waals surface area contributed by atoms with Gasteiger partial charge in [-0.15, -0.1) is 21.5 Å². The summed E-state index contributed by atoms with van der Waals surface area (Å²) < 4.78 is 32.4. The summed E-state index contributed by atoms with van der Waals surface area (Å²) in [6, 6.07) is 8.49. The molecule has 0 aliphatic heterocycles. The van der Waals surface area contributed by atoms with Crippen LogP contribution in [0.4, 0.5) is 5.69 Å². The fourth-order valence-electron chi connectivity index (χ4n) is 1.89. The van der Waals surface area contributed by atoms with E-state index in [-0.39, 0.29) is 4.21 Å². The molecule has 0 fully saturated rings. The third-order valence-electron chi connectivity index (χ3n) is 2.70. The summed E-state index contributed by atoms with van der Waals surface area (Å²) in [4.78, 5) is 0. The summed E-state index contributed by atoms with van der Waals surface area (Å²) in [6.07, 6.45) is 1.23. The Labute approximate surface area is 125 Å². The minimum Gasteiger partial charge on any atom is -0.423 e. The Balaban J connectivity index is 1.97. The van der Waals surface area contributed by atoms with E-state index in [1.807, 2.05) is 13.0 Å². The lowest BCUT2D eigenvalue weighted by Crippen LogP contribution is -2.11. The van der Waals surface area contributed by atoms with Crippen LogP contribution in [0, 0.1) is 6.92 Å². The van der Waals surface area contributed by atoms with Crippen molar-refractivity contribution >= 4 is 27.0 Å². The molecule has 0 atom stereocenters. The standard InChI is InChI=1S/C13H11N3O3S2/c1-9-5-10(13-15-14-8-19-13)7-11(6-9)16-21(17,18)12-3-2-4-20-12/h2-8,16H,1H3. The first-order valence-electron chi connectivity index (χ1n) is 5.99. The molecular weight excluding hydrogens is 310 g/mol. The van der Waals surface area contributed by atoms with Crippen molar-refractivity contribution in [3.63, 3.8) is 0 Å². The van der Waals surface area contributed by atoms with Crippen LogP contribution in [0.25, 0.3) is 11.5 Å². The summed E-state index contributed by atoms with van der Waals surface area (Å²) >= 11 is 1.16. The smallest absolute Gasteiger partial charge is 0.271 e. The van der Waals surface area contributed by atoms with Crippen molar-refractivity contribution < 1.29 is 12.8 Å². The van der Waals surface area contributed by atoms with Crippen LogP contribution in [0.5, 0.6) is 0 Å². The van der Waals surface area contributed by atoms with Gasteiger partial charge in [0.2, 0.25) is 12.3 Å². The summed E-state index contributed by atoms with van der Waals surface area (Å²) in [5.74, 6) is 0.343. The molecule has 0 unspecified atom stereocenters. The predicted molar refractivity (Wildman–Crippen MR) is 79.6 cm³/mol. The van der Waals surface area contributed by atoms with Crippen molar-refractivity contribution in [2.45, 2.75) is 11.1 Å². The Morgan fingerprint density at radius 1 is 1.29 bits per heavy atom. The maximum Gasteiger partial charge on any atom is 0.271 e. The first kappa shape index (κ1) is 13.8. The molecule has 108 valence electrons. The molecule has 1 N–H and O–H groups in total. The first-order valence-corrected chi connectivity index (χ1v) is 8.35. The second-order valence-electron chi connectivity index (χ2n) is 4.37. The van der Waals surface area contributed by atoms with Gasteiger partial charge in [-0.2, -0.15) is 0 Å². The van der Waals surface area contributed by atoms with Crippen molar-refractivity contribution in [1.82, 2.24) is 10.2 Å². The van der Waals surface area contributed by atoms with E-state index < -0.39 is 10.0 Å². The van der Waals surface area contributed by atoms with Crippen LogP contribution in [0.3, 0.4) is 0 Å². The average molecular weight is 321 g/mol. The van der Waals surface area contributed by atoms with E-state index in [1.165, 1.54) is 6.39 Å². The maximum absolute atomic E-state index is 12.2. The molecule has 3 aromatic rings. The third-order valence-corrected chi connectivity index (χ3v) is 5.48. The van der Waals surface area contributed by atoms with E-state index in [0.29, 0.717) is 17.1 Å². The van der Waals surface area contributed by atoms with Gasteiger partial charge in [-0.1, -0.05) is 6.07 Å². The van der Waals surface area contributed by atoms with Gasteiger partial charge in [-0.25, -0.2) is 8.42 Å². The van der Waals surface area contributed by atoms with Crippen LogP contribution in [0.1, 0.15) is 5.56 Å². The van der Waals surface area contributed by atoms with E-state index in [2.05, 4.69) is 14.9 Å². The van der Waals surface area contributed by atoms with Crippen LogP contribution in [-0.2, 0) is 10.0 Å². The van der Waals surface area contributed by atoms with Gasteiger partial charge < -0.3 is 4.42 Å². The van der Waals surface area contributed by atoms with E-state index >= 15 is 0 Å². The number of rotatable bonds is 4. The zero-order valence-corrected chi connectivity index (χ0v) is 12.6. The predicted octanol–water partition coefficient (Wildman–Crippen LogP) is 2.91. The molecule has 2 aromatic heterocycles. The number of aromatic nitrogens is 2. The monoisotopic (exact) mass is 321 g/mol. The second-order valence-corrected chi connectivity index (χ2v) is 7.23. The SMILES string of the molecule is Cc1cc(NS(=O)(=O)c2cccs2)cc(-c2nnco2)c1. The molecule has 0 bridgehead atoms. The number of nitrogens with one attached hydrogen (secondary N) is 1. The highest BCUT2D eigenvalue weighted by molar-refractivity contribution is 7.94. The minimum atomic E-state index is -3.57. The quantitative estimate of drug-likeness (QED) is 0.798. The summed E-state index contributed by atoms with van der Waals surface area (Å²) in [5.41, 5.74) is 2.00. The molecule has 3 rings (SSSR count). The highest BCUT2D eigenvalue weighted by Gasteiger charge is 2.16. The molecule has 0 saturated carbocycles. The van der Waals surface area contributed by atoms with Gasteiger partial charge in [-0.05, 0) is 42.1 Å². The Morgan fingerprint density at radius 3 is 2.81 bits per heavy atom. The lowest BCUT2D eigenvalue weighted by atomic mass is 10.1. The number of thiophene rings is 1. The van der Waals surface area contributed by atoms with Gasteiger partial charge in [0.25, 0.3) is 10.0 Å². The van der Waals surface area contributed by atoms with Crippen molar-refractivity contribution in [3.05, 3.63) is 47.7 Å². The number of hydrogen-bond donors (Lipinski definition) is 1. The molecular formula is C13H11N3O3S2. The highest BCUT2D eigenvalue weighted by Crippen LogP contribution is 2.25. The number of hydrogen-bond acceptors (Lipinski definition) is 6. The van der Waals surface area contributed by atoms with Crippen molar-refractivity contribution in [2.75, 3.05) is 4.72 Å². The van der Waals surface area contributed by atoms with Gasteiger partial charge >= 0.3 is 0 Å². The Kier molecular flexibility index (Phi) is 3.48. The summed E-state index contributed by atoms with van der Waals surface area (Å²) in [7, 11) is -3.57. The normalized spacial score (nSPS) is 11.5. The van der Waals surface area contributed by atoms with E-state index in [9.17, 15) is 8.42 Å². The van der Waals surface area contributed by atoms with Crippen molar-refractivity contribution in [2.24, 2.45) is 0 Å². The number of sulfonamides is 1.